The smallest absolute Gasteiger partial charge is 0.313 e. The molecule has 1 unspecified atom stereocenters. The van der Waals surface area contributed by atoms with E-state index < -0.39 is 11.8 Å². The topological polar surface area (TPSA) is 86.9 Å². The van der Waals surface area contributed by atoms with Gasteiger partial charge in [0, 0.05) is 24.0 Å². The summed E-state index contributed by atoms with van der Waals surface area (Å²) in [7, 11) is 0. The second-order valence-electron chi connectivity index (χ2n) is 6.42. The van der Waals surface area contributed by atoms with Gasteiger partial charge in [-0.15, -0.1) is 0 Å². The Hall–Kier alpha value is -3.22. The minimum Gasteiger partial charge on any atom is -0.359 e. The normalized spacial score (nSPS) is 14.8. The van der Waals surface area contributed by atoms with Gasteiger partial charge in [-0.05, 0) is 42.5 Å². The van der Waals surface area contributed by atoms with Crippen molar-refractivity contribution < 1.29 is 14.0 Å². The molecule has 0 spiro atoms. The molecule has 7 heteroatoms. The van der Waals surface area contributed by atoms with Crippen molar-refractivity contribution in [3.05, 3.63) is 60.3 Å². The average molecular weight is 352 g/mol. The largest absolute Gasteiger partial charge is 0.359 e. The van der Waals surface area contributed by atoms with E-state index in [4.69, 9.17) is 0 Å². The molecule has 2 heterocycles. The molecular formula is C19H17FN4O2. The quantitative estimate of drug-likeness (QED) is 0.631. The van der Waals surface area contributed by atoms with Gasteiger partial charge in [0.2, 0.25) is 0 Å². The zero-order chi connectivity index (χ0) is 18.1. The Morgan fingerprint density at radius 2 is 1.92 bits per heavy atom. The van der Waals surface area contributed by atoms with Gasteiger partial charge in [0.05, 0.1) is 17.2 Å². The Balaban J connectivity index is 1.47. The van der Waals surface area contributed by atoms with E-state index in [1.165, 1.54) is 12.1 Å². The number of anilines is 1. The fourth-order valence-electron chi connectivity index (χ4n) is 3.02. The predicted molar refractivity (Wildman–Crippen MR) is 94.7 cm³/mol. The summed E-state index contributed by atoms with van der Waals surface area (Å²) in [4.78, 5) is 31.7. The first-order valence-corrected chi connectivity index (χ1v) is 8.40. The lowest BCUT2D eigenvalue weighted by atomic mass is 10.0. The predicted octanol–water partition coefficient (Wildman–Crippen LogP) is 2.91. The molecule has 1 aromatic carbocycles. The first kappa shape index (κ1) is 16.3. The molecule has 1 aliphatic carbocycles. The fraction of sp³-hybridized carbons (Fsp3) is 0.211. The number of carbonyl (C=O) groups is 2. The van der Waals surface area contributed by atoms with Gasteiger partial charge in [-0.25, -0.2) is 4.39 Å². The van der Waals surface area contributed by atoms with E-state index in [1.54, 1.807) is 36.8 Å². The summed E-state index contributed by atoms with van der Waals surface area (Å²) in [6, 6.07) is 7.48. The lowest BCUT2D eigenvalue weighted by Crippen LogP contribution is -2.38. The molecule has 132 valence electrons. The van der Waals surface area contributed by atoms with Crippen LogP contribution in [0.3, 0.4) is 0 Å². The molecule has 0 radical (unpaired) electrons. The van der Waals surface area contributed by atoms with Crippen LogP contribution in [0.25, 0.3) is 10.9 Å². The first-order valence-electron chi connectivity index (χ1n) is 8.40. The molecule has 3 aromatic rings. The van der Waals surface area contributed by atoms with Crippen LogP contribution >= 0.6 is 0 Å². The highest BCUT2D eigenvalue weighted by Crippen LogP contribution is 2.41. The molecule has 4 rings (SSSR count). The number of halogens is 1. The van der Waals surface area contributed by atoms with Crippen LogP contribution in [0.4, 0.5) is 10.1 Å². The number of hydrogen-bond acceptors (Lipinski definition) is 3. The molecule has 26 heavy (non-hydrogen) atoms. The summed E-state index contributed by atoms with van der Waals surface area (Å²) in [6.45, 7) is 0. The maximum absolute atomic E-state index is 13.1. The summed E-state index contributed by atoms with van der Waals surface area (Å²) < 4.78 is 13.1. The van der Waals surface area contributed by atoms with Gasteiger partial charge in [0.1, 0.15) is 5.82 Å². The number of aromatic amines is 1. The summed E-state index contributed by atoms with van der Waals surface area (Å²) in [6.07, 6.45) is 6.82. The maximum Gasteiger partial charge on any atom is 0.313 e. The molecule has 2 amide bonds. The number of nitrogens with one attached hydrogen (secondary N) is 3. The molecule has 0 aliphatic heterocycles. The van der Waals surface area contributed by atoms with E-state index in [2.05, 4.69) is 20.6 Å². The van der Waals surface area contributed by atoms with Crippen molar-refractivity contribution in [2.45, 2.75) is 18.9 Å². The SMILES string of the molecule is O=C(Nc1c[nH]c2ccncc12)C(=O)NC(c1ccc(F)cc1)C1CC1. The molecule has 1 fully saturated rings. The number of nitrogens with zero attached hydrogens (tertiary/aromatic N) is 1. The fourth-order valence-corrected chi connectivity index (χ4v) is 3.02. The van der Waals surface area contributed by atoms with Gasteiger partial charge >= 0.3 is 11.8 Å². The Morgan fingerprint density at radius 1 is 1.15 bits per heavy atom. The van der Waals surface area contributed by atoms with Crippen molar-refractivity contribution in [1.29, 1.82) is 0 Å². The van der Waals surface area contributed by atoms with Crippen LogP contribution in [-0.4, -0.2) is 21.8 Å². The van der Waals surface area contributed by atoms with Crippen LogP contribution < -0.4 is 10.6 Å². The second-order valence-corrected chi connectivity index (χ2v) is 6.42. The number of carbonyl (C=O) groups excluding carboxylic acids is 2. The van der Waals surface area contributed by atoms with E-state index in [0.29, 0.717) is 5.69 Å². The zero-order valence-corrected chi connectivity index (χ0v) is 13.8. The Labute approximate surface area is 148 Å². The summed E-state index contributed by atoms with van der Waals surface area (Å²) in [5.41, 5.74) is 2.11. The molecular weight excluding hydrogens is 335 g/mol. The number of hydrogen-bond donors (Lipinski definition) is 3. The third-order valence-electron chi connectivity index (χ3n) is 4.55. The summed E-state index contributed by atoms with van der Waals surface area (Å²) in [5, 5.41) is 6.11. The third kappa shape index (κ3) is 3.28. The minimum atomic E-state index is -0.748. The number of rotatable bonds is 4. The van der Waals surface area contributed by atoms with Crippen molar-refractivity contribution >= 4 is 28.4 Å². The third-order valence-corrected chi connectivity index (χ3v) is 4.55. The number of benzene rings is 1. The van der Waals surface area contributed by atoms with Gasteiger partial charge in [0.25, 0.3) is 0 Å². The van der Waals surface area contributed by atoms with Gasteiger partial charge in [-0.1, -0.05) is 12.1 Å². The van der Waals surface area contributed by atoms with Crippen LogP contribution in [0.15, 0.2) is 48.9 Å². The average Bonchev–Trinajstić information content (AvgIpc) is 3.42. The van der Waals surface area contributed by atoms with Crippen LogP contribution in [0.5, 0.6) is 0 Å². The molecule has 3 N–H and O–H groups in total. The Kier molecular flexibility index (Phi) is 4.12. The van der Waals surface area contributed by atoms with Crippen LogP contribution in [0, 0.1) is 11.7 Å². The maximum atomic E-state index is 13.1. The van der Waals surface area contributed by atoms with Gasteiger partial charge in [-0.2, -0.15) is 0 Å². The monoisotopic (exact) mass is 352 g/mol. The molecule has 1 saturated carbocycles. The van der Waals surface area contributed by atoms with Gasteiger partial charge < -0.3 is 15.6 Å². The van der Waals surface area contributed by atoms with E-state index >= 15 is 0 Å². The van der Waals surface area contributed by atoms with Crippen molar-refractivity contribution in [1.82, 2.24) is 15.3 Å². The Morgan fingerprint density at radius 3 is 2.65 bits per heavy atom. The van der Waals surface area contributed by atoms with Gasteiger partial charge in [-0.3, -0.25) is 14.6 Å². The standard InChI is InChI=1S/C19H17FN4O2/c20-13-5-3-12(4-6-13)17(11-1-2-11)24-19(26)18(25)23-16-10-22-15-7-8-21-9-14(15)16/h3-11,17,22H,1-2H2,(H,23,25)(H,24,26). The number of fused-ring (bicyclic) bond motifs is 1. The Bertz CT molecular complexity index is 963. The van der Waals surface area contributed by atoms with E-state index in [0.717, 1.165) is 29.3 Å². The number of pyridine rings is 1. The zero-order valence-electron chi connectivity index (χ0n) is 13.8. The molecule has 0 saturated heterocycles. The molecule has 0 bridgehead atoms. The van der Waals surface area contributed by atoms with Crippen LogP contribution in [0.1, 0.15) is 24.4 Å². The molecule has 2 aromatic heterocycles. The molecule has 1 aliphatic rings. The van der Waals surface area contributed by atoms with Crippen molar-refractivity contribution in [3.8, 4) is 0 Å². The van der Waals surface area contributed by atoms with E-state index in [9.17, 15) is 14.0 Å². The lowest BCUT2D eigenvalue weighted by Gasteiger charge is -2.18. The van der Waals surface area contributed by atoms with Crippen LogP contribution in [0.2, 0.25) is 0 Å². The van der Waals surface area contributed by atoms with E-state index in [1.807, 2.05) is 0 Å². The lowest BCUT2D eigenvalue weighted by molar-refractivity contribution is -0.136. The summed E-state index contributed by atoms with van der Waals surface area (Å²) >= 11 is 0. The van der Waals surface area contributed by atoms with Crippen LogP contribution in [-0.2, 0) is 9.59 Å². The minimum absolute atomic E-state index is 0.273. The number of aromatic nitrogens is 2. The molecule has 1 atom stereocenters. The second kappa shape index (κ2) is 6.59. The van der Waals surface area contributed by atoms with Crippen molar-refractivity contribution in [3.63, 3.8) is 0 Å². The highest BCUT2D eigenvalue weighted by atomic mass is 19.1. The van der Waals surface area contributed by atoms with Crippen molar-refractivity contribution in [2.24, 2.45) is 5.92 Å². The highest BCUT2D eigenvalue weighted by Gasteiger charge is 2.34. The number of H-pyrrole nitrogens is 1. The highest BCUT2D eigenvalue weighted by molar-refractivity contribution is 6.40. The van der Waals surface area contributed by atoms with E-state index in [-0.39, 0.29) is 17.8 Å². The van der Waals surface area contributed by atoms with Gasteiger partial charge in [0.15, 0.2) is 0 Å². The number of amides is 2. The first-order chi connectivity index (χ1) is 12.6. The molecule has 6 nitrogen and oxygen atoms in total. The summed E-state index contributed by atoms with van der Waals surface area (Å²) in [5.74, 6) is -1.53. The van der Waals surface area contributed by atoms with Crippen molar-refractivity contribution in [2.75, 3.05) is 5.32 Å².